The summed E-state index contributed by atoms with van der Waals surface area (Å²) in [5.74, 6) is 0.403. The van der Waals surface area contributed by atoms with Gasteiger partial charge >= 0.3 is 0 Å². The van der Waals surface area contributed by atoms with E-state index in [0.717, 1.165) is 0 Å². The van der Waals surface area contributed by atoms with Crippen molar-refractivity contribution in [2.24, 2.45) is 0 Å². The molecule has 0 radical (unpaired) electrons. The van der Waals surface area contributed by atoms with E-state index in [4.69, 9.17) is 0 Å². The zero-order chi connectivity index (χ0) is 12.9. The van der Waals surface area contributed by atoms with Crippen molar-refractivity contribution in [3.8, 4) is 0 Å². The van der Waals surface area contributed by atoms with Crippen LogP contribution in [0.5, 0.6) is 0 Å². The van der Waals surface area contributed by atoms with E-state index in [0.29, 0.717) is 18.1 Å². The first-order chi connectivity index (χ1) is 7.92. The van der Waals surface area contributed by atoms with Crippen LogP contribution in [0.4, 0.5) is 5.82 Å². The lowest BCUT2D eigenvalue weighted by Crippen LogP contribution is -2.28. The number of carbonyl (C=O) groups excluding carboxylic acids is 1. The standard InChI is InChI=1S/C12H18N4O/c1-5-6-13-11(17)9-7-10(15-8-14-9)16-12(2,3)4/h5,7-8H,1,6H2,2-4H3,(H,13,17)(H,14,15,16). The number of carbonyl (C=O) groups is 1. The van der Waals surface area contributed by atoms with Crippen LogP contribution in [-0.2, 0) is 0 Å². The molecule has 1 aromatic rings. The Morgan fingerprint density at radius 3 is 2.76 bits per heavy atom. The molecule has 5 nitrogen and oxygen atoms in total. The smallest absolute Gasteiger partial charge is 0.270 e. The summed E-state index contributed by atoms with van der Waals surface area (Å²) in [5, 5.41) is 5.84. The minimum Gasteiger partial charge on any atom is -0.365 e. The average Bonchev–Trinajstić information content (AvgIpc) is 2.24. The van der Waals surface area contributed by atoms with Crippen molar-refractivity contribution in [1.29, 1.82) is 0 Å². The third-order valence-electron chi connectivity index (χ3n) is 1.81. The third kappa shape index (κ3) is 4.63. The second kappa shape index (κ2) is 5.43. The largest absolute Gasteiger partial charge is 0.365 e. The summed E-state index contributed by atoms with van der Waals surface area (Å²) < 4.78 is 0. The molecule has 0 unspecified atom stereocenters. The van der Waals surface area contributed by atoms with Crippen LogP contribution in [0.3, 0.4) is 0 Å². The fraction of sp³-hybridized carbons (Fsp3) is 0.417. The van der Waals surface area contributed by atoms with Crippen LogP contribution >= 0.6 is 0 Å². The summed E-state index contributed by atoms with van der Waals surface area (Å²) in [6.07, 6.45) is 2.99. The molecule has 2 N–H and O–H groups in total. The van der Waals surface area contributed by atoms with Crippen molar-refractivity contribution in [2.45, 2.75) is 26.3 Å². The summed E-state index contributed by atoms with van der Waals surface area (Å²) in [7, 11) is 0. The molecule has 0 aromatic carbocycles. The molecule has 92 valence electrons. The monoisotopic (exact) mass is 234 g/mol. The Kier molecular flexibility index (Phi) is 4.20. The number of aromatic nitrogens is 2. The van der Waals surface area contributed by atoms with Gasteiger partial charge < -0.3 is 10.6 Å². The second-order valence-corrected chi connectivity index (χ2v) is 4.66. The Morgan fingerprint density at radius 2 is 2.18 bits per heavy atom. The lowest BCUT2D eigenvalue weighted by Gasteiger charge is -2.21. The molecule has 0 atom stereocenters. The van der Waals surface area contributed by atoms with Crippen molar-refractivity contribution in [2.75, 3.05) is 11.9 Å². The number of nitrogens with zero attached hydrogens (tertiary/aromatic N) is 2. The molecule has 1 heterocycles. The fourth-order valence-corrected chi connectivity index (χ4v) is 1.19. The molecule has 0 saturated carbocycles. The van der Waals surface area contributed by atoms with Gasteiger partial charge in [0.2, 0.25) is 0 Å². The first-order valence-corrected chi connectivity index (χ1v) is 5.42. The van der Waals surface area contributed by atoms with E-state index in [1.165, 1.54) is 6.33 Å². The third-order valence-corrected chi connectivity index (χ3v) is 1.81. The molecule has 0 aliphatic heterocycles. The van der Waals surface area contributed by atoms with Crippen molar-refractivity contribution in [3.05, 3.63) is 30.7 Å². The van der Waals surface area contributed by atoms with Crippen LogP contribution in [0.1, 0.15) is 31.3 Å². The molecule has 17 heavy (non-hydrogen) atoms. The molecule has 0 aliphatic carbocycles. The van der Waals surface area contributed by atoms with Crippen LogP contribution < -0.4 is 10.6 Å². The maximum Gasteiger partial charge on any atom is 0.270 e. The van der Waals surface area contributed by atoms with Crippen molar-refractivity contribution in [1.82, 2.24) is 15.3 Å². The SMILES string of the molecule is C=CCNC(=O)c1cc(NC(C)(C)C)ncn1. The van der Waals surface area contributed by atoms with E-state index in [1.807, 2.05) is 20.8 Å². The maximum absolute atomic E-state index is 11.6. The topological polar surface area (TPSA) is 66.9 Å². The summed E-state index contributed by atoms with van der Waals surface area (Å²) in [4.78, 5) is 19.6. The van der Waals surface area contributed by atoms with Crippen molar-refractivity contribution in [3.63, 3.8) is 0 Å². The average molecular weight is 234 g/mol. The molecule has 1 aromatic heterocycles. The van der Waals surface area contributed by atoms with Gasteiger partial charge in [-0.1, -0.05) is 6.08 Å². The highest BCUT2D eigenvalue weighted by Crippen LogP contribution is 2.11. The first-order valence-electron chi connectivity index (χ1n) is 5.42. The summed E-state index contributed by atoms with van der Waals surface area (Å²) in [6.45, 7) is 10.0. The number of rotatable bonds is 4. The molecule has 0 aliphatic rings. The summed E-state index contributed by atoms with van der Waals surface area (Å²) in [5.41, 5.74) is 0.233. The van der Waals surface area contributed by atoms with Crippen molar-refractivity contribution < 1.29 is 4.79 Å². The minimum atomic E-state index is -0.232. The van der Waals surface area contributed by atoms with Gasteiger partial charge in [-0.05, 0) is 20.8 Å². The minimum absolute atomic E-state index is 0.108. The lowest BCUT2D eigenvalue weighted by molar-refractivity contribution is 0.0953. The van der Waals surface area contributed by atoms with Gasteiger partial charge in [-0.25, -0.2) is 9.97 Å². The number of hydrogen-bond acceptors (Lipinski definition) is 4. The van der Waals surface area contributed by atoms with Gasteiger partial charge in [-0.3, -0.25) is 4.79 Å². The fourth-order valence-electron chi connectivity index (χ4n) is 1.19. The van der Waals surface area contributed by atoms with Crippen molar-refractivity contribution >= 4 is 11.7 Å². The number of hydrogen-bond donors (Lipinski definition) is 2. The van der Waals surface area contributed by atoms with Gasteiger partial charge in [0.15, 0.2) is 0 Å². The number of anilines is 1. The second-order valence-electron chi connectivity index (χ2n) is 4.66. The Balaban J connectivity index is 2.78. The van der Waals surface area contributed by atoms with Gasteiger partial charge in [-0.15, -0.1) is 6.58 Å². The Hall–Kier alpha value is -1.91. The molecular formula is C12H18N4O. The van der Waals surface area contributed by atoms with E-state index in [2.05, 4.69) is 27.2 Å². The molecule has 1 rings (SSSR count). The molecule has 0 fully saturated rings. The van der Waals surface area contributed by atoms with E-state index in [9.17, 15) is 4.79 Å². The Bertz CT molecular complexity index is 409. The van der Waals surface area contributed by atoms with E-state index >= 15 is 0 Å². The van der Waals surface area contributed by atoms with Gasteiger partial charge in [0, 0.05) is 18.2 Å². The van der Waals surface area contributed by atoms with Gasteiger partial charge in [-0.2, -0.15) is 0 Å². The number of nitrogens with one attached hydrogen (secondary N) is 2. The predicted octanol–water partition coefficient (Wildman–Crippen LogP) is 1.60. The normalized spacial score (nSPS) is 10.8. The Labute approximate surface area is 101 Å². The number of amides is 1. The van der Waals surface area contributed by atoms with E-state index in [-0.39, 0.29) is 11.4 Å². The van der Waals surface area contributed by atoms with Crippen LogP contribution in [0.15, 0.2) is 25.0 Å². The van der Waals surface area contributed by atoms with Crippen LogP contribution in [-0.4, -0.2) is 28.0 Å². The Morgan fingerprint density at radius 1 is 1.47 bits per heavy atom. The van der Waals surface area contributed by atoms with Gasteiger partial charge in [0.1, 0.15) is 17.8 Å². The summed E-state index contributed by atoms with van der Waals surface area (Å²) in [6, 6.07) is 1.63. The zero-order valence-electron chi connectivity index (χ0n) is 10.4. The summed E-state index contributed by atoms with van der Waals surface area (Å²) >= 11 is 0. The van der Waals surface area contributed by atoms with Crippen LogP contribution in [0.25, 0.3) is 0 Å². The molecule has 5 heteroatoms. The molecular weight excluding hydrogens is 216 g/mol. The van der Waals surface area contributed by atoms with Gasteiger partial charge in [0.25, 0.3) is 5.91 Å². The highest BCUT2D eigenvalue weighted by molar-refractivity contribution is 5.92. The quantitative estimate of drug-likeness (QED) is 0.777. The predicted molar refractivity (Wildman–Crippen MR) is 67.9 cm³/mol. The molecule has 1 amide bonds. The van der Waals surface area contributed by atoms with Crippen LogP contribution in [0, 0.1) is 0 Å². The van der Waals surface area contributed by atoms with E-state index in [1.54, 1.807) is 12.1 Å². The lowest BCUT2D eigenvalue weighted by atomic mass is 10.1. The molecule has 0 saturated heterocycles. The highest BCUT2D eigenvalue weighted by atomic mass is 16.1. The van der Waals surface area contributed by atoms with Gasteiger partial charge in [0.05, 0.1) is 0 Å². The molecule has 0 bridgehead atoms. The van der Waals surface area contributed by atoms with E-state index < -0.39 is 0 Å². The maximum atomic E-state index is 11.6. The first kappa shape index (κ1) is 13.2. The zero-order valence-corrected chi connectivity index (χ0v) is 10.4. The van der Waals surface area contributed by atoms with Crippen LogP contribution in [0.2, 0.25) is 0 Å². The highest BCUT2D eigenvalue weighted by Gasteiger charge is 2.12. The molecule has 0 spiro atoms.